The molecule has 0 aliphatic carbocycles. The maximum Gasteiger partial charge on any atom is 0.314 e. The number of urea groups is 1. The summed E-state index contributed by atoms with van der Waals surface area (Å²) < 4.78 is 1.11. The summed E-state index contributed by atoms with van der Waals surface area (Å²) in [5.74, 6) is 0.523. The lowest BCUT2D eigenvalue weighted by Crippen LogP contribution is -2.39. The summed E-state index contributed by atoms with van der Waals surface area (Å²) in [6, 6.07) is 8.39. The predicted octanol–water partition coefficient (Wildman–Crippen LogP) is 3.06. The van der Waals surface area contributed by atoms with E-state index >= 15 is 0 Å². The molecule has 1 atom stereocenters. The van der Waals surface area contributed by atoms with E-state index in [1.807, 2.05) is 6.07 Å². The van der Waals surface area contributed by atoms with Crippen molar-refractivity contribution in [1.82, 2.24) is 15.5 Å². The first-order chi connectivity index (χ1) is 12.2. The van der Waals surface area contributed by atoms with Gasteiger partial charge < -0.3 is 20.4 Å². The minimum atomic E-state index is -0.0256. The SMILES string of the molecule is O=C(NCCCN1CCCC1)NC[C@H]1CCN(c2cccc(Br)c2)C1. The maximum atomic E-state index is 11.9. The Morgan fingerprint density at radius 1 is 1.20 bits per heavy atom. The van der Waals surface area contributed by atoms with E-state index in [1.165, 1.54) is 31.6 Å². The Hall–Kier alpha value is -1.27. The van der Waals surface area contributed by atoms with Crippen LogP contribution in [0.3, 0.4) is 0 Å². The van der Waals surface area contributed by atoms with Crippen LogP contribution in [0.15, 0.2) is 28.7 Å². The molecule has 2 saturated heterocycles. The van der Waals surface area contributed by atoms with Crippen molar-refractivity contribution in [2.75, 3.05) is 50.7 Å². The second-order valence-electron chi connectivity index (χ2n) is 7.12. The zero-order valence-corrected chi connectivity index (χ0v) is 16.4. The van der Waals surface area contributed by atoms with E-state index in [0.717, 1.165) is 50.0 Å². The number of halogens is 1. The number of amides is 2. The van der Waals surface area contributed by atoms with Crippen molar-refractivity contribution in [3.63, 3.8) is 0 Å². The summed E-state index contributed by atoms with van der Waals surface area (Å²) >= 11 is 3.53. The number of carbonyl (C=O) groups is 1. The molecule has 2 heterocycles. The van der Waals surface area contributed by atoms with Gasteiger partial charge >= 0.3 is 6.03 Å². The van der Waals surface area contributed by atoms with Crippen molar-refractivity contribution in [2.24, 2.45) is 5.92 Å². The zero-order valence-electron chi connectivity index (χ0n) is 14.8. The molecule has 2 amide bonds. The van der Waals surface area contributed by atoms with Gasteiger partial charge in [0.15, 0.2) is 0 Å². The summed E-state index contributed by atoms with van der Waals surface area (Å²) in [5, 5.41) is 6.02. The minimum absolute atomic E-state index is 0.0256. The Balaban J connectivity index is 1.29. The number of hydrogen-bond donors (Lipinski definition) is 2. The lowest BCUT2D eigenvalue weighted by atomic mass is 10.1. The van der Waals surface area contributed by atoms with Gasteiger partial charge in [0.05, 0.1) is 0 Å². The van der Waals surface area contributed by atoms with Crippen molar-refractivity contribution in [1.29, 1.82) is 0 Å². The second-order valence-corrected chi connectivity index (χ2v) is 8.04. The van der Waals surface area contributed by atoms with Gasteiger partial charge in [0, 0.05) is 36.3 Å². The fourth-order valence-corrected chi connectivity index (χ4v) is 4.10. The summed E-state index contributed by atoms with van der Waals surface area (Å²) in [6.07, 6.45) is 4.81. The Morgan fingerprint density at radius 3 is 2.84 bits per heavy atom. The monoisotopic (exact) mass is 408 g/mol. The Labute approximate surface area is 159 Å². The van der Waals surface area contributed by atoms with Crippen LogP contribution in [-0.4, -0.2) is 56.7 Å². The van der Waals surface area contributed by atoms with E-state index in [2.05, 4.69) is 54.6 Å². The largest absolute Gasteiger partial charge is 0.371 e. The van der Waals surface area contributed by atoms with Crippen molar-refractivity contribution in [3.8, 4) is 0 Å². The highest BCUT2D eigenvalue weighted by Gasteiger charge is 2.23. The fourth-order valence-electron chi connectivity index (χ4n) is 3.72. The second kappa shape index (κ2) is 9.43. The number of benzene rings is 1. The van der Waals surface area contributed by atoms with Crippen molar-refractivity contribution in [3.05, 3.63) is 28.7 Å². The van der Waals surface area contributed by atoms with Crippen LogP contribution in [0, 0.1) is 5.92 Å². The Morgan fingerprint density at radius 2 is 2.04 bits per heavy atom. The van der Waals surface area contributed by atoms with Gasteiger partial charge in [0.25, 0.3) is 0 Å². The van der Waals surface area contributed by atoms with Crippen molar-refractivity contribution < 1.29 is 4.79 Å². The summed E-state index contributed by atoms with van der Waals surface area (Å²) in [4.78, 5) is 16.8. The average molecular weight is 409 g/mol. The zero-order chi connectivity index (χ0) is 17.5. The molecular weight excluding hydrogens is 380 g/mol. The Bertz CT molecular complexity index is 562. The first-order valence-corrected chi connectivity index (χ1v) is 10.2. The van der Waals surface area contributed by atoms with Crippen LogP contribution in [0.2, 0.25) is 0 Å². The van der Waals surface area contributed by atoms with Crippen LogP contribution < -0.4 is 15.5 Å². The van der Waals surface area contributed by atoms with Gasteiger partial charge in [0.1, 0.15) is 0 Å². The van der Waals surface area contributed by atoms with Crippen LogP contribution >= 0.6 is 15.9 Å². The van der Waals surface area contributed by atoms with Crippen LogP contribution in [0.25, 0.3) is 0 Å². The molecule has 1 aromatic carbocycles. The van der Waals surface area contributed by atoms with Crippen LogP contribution in [0.5, 0.6) is 0 Å². The average Bonchev–Trinajstić information content (AvgIpc) is 3.28. The quantitative estimate of drug-likeness (QED) is 0.681. The number of nitrogens with one attached hydrogen (secondary N) is 2. The highest BCUT2D eigenvalue weighted by Crippen LogP contribution is 2.25. The molecule has 2 aliphatic heterocycles. The third-order valence-electron chi connectivity index (χ3n) is 5.15. The molecule has 25 heavy (non-hydrogen) atoms. The number of rotatable bonds is 7. The van der Waals surface area contributed by atoms with Crippen LogP contribution in [0.1, 0.15) is 25.7 Å². The fraction of sp³-hybridized carbons (Fsp3) is 0.632. The molecule has 0 unspecified atom stereocenters. The smallest absolute Gasteiger partial charge is 0.314 e. The summed E-state index contributed by atoms with van der Waals surface area (Å²) in [7, 11) is 0. The molecule has 2 fully saturated rings. The third kappa shape index (κ3) is 5.89. The molecule has 2 N–H and O–H groups in total. The lowest BCUT2D eigenvalue weighted by Gasteiger charge is -2.19. The molecule has 0 aromatic heterocycles. The lowest BCUT2D eigenvalue weighted by molar-refractivity contribution is 0.238. The van der Waals surface area contributed by atoms with Gasteiger partial charge in [-0.05, 0) is 69.4 Å². The molecule has 0 radical (unpaired) electrons. The number of nitrogens with zero attached hydrogens (tertiary/aromatic N) is 2. The minimum Gasteiger partial charge on any atom is -0.371 e. The number of anilines is 1. The standard InChI is InChI=1S/C19H29BrN4O/c20-17-5-3-6-18(13-17)24-12-7-16(15-24)14-22-19(25)21-8-4-11-23-9-1-2-10-23/h3,5-6,13,16H,1-2,4,7-12,14-15H2,(H2,21,22,25)/t16-/m1/s1. The highest BCUT2D eigenvalue weighted by atomic mass is 79.9. The molecule has 0 bridgehead atoms. The summed E-state index contributed by atoms with van der Waals surface area (Å²) in [5.41, 5.74) is 1.25. The van der Waals surface area contributed by atoms with E-state index < -0.39 is 0 Å². The molecule has 1 aromatic rings. The number of carbonyl (C=O) groups excluding carboxylic acids is 1. The van der Waals surface area contributed by atoms with Crippen molar-refractivity contribution >= 4 is 27.6 Å². The molecule has 5 nitrogen and oxygen atoms in total. The third-order valence-corrected chi connectivity index (χ3v) is 5.64. The molecule has 0 spiro atoms. The van der Waals surface area contributed by atoms with Gasteiger partial charge in [-0.15, -0.1) is 0 Å². The van der Waals surface area contributed by atoms with E-state index in [-0.39, 0.29) is 6.03 Å². The Kier molecular flexibility index (Phi) is 6.99. The van der Waals surface area contributed by atoms with Gasteiger partial charge in [0.2, 0.25) is 0 Å². The maximum absolute atomic E-state index is 11.9. The number of likely N-dealkylation sites (tertiary alicyclic amines) is 1. The van der Waals surface area contributed by atoms with Crippen molar-refractivity contribution in [2.45, 2.75) is 25.7 Å². The van der Waals surface area contributed by atoms with Gasteiger partial charge in [-0.3, -0.25) is 0 Å². The van der Waals surface area contributed by atoms with E-state index in [4.69, 9.17) is 0 Å². The molecule has 0 saturated carbocycles. The molecule has 138 valence electrons. The summed E-state index contributed by atoms with van der Waals surface area (Å²) in [6.45, 7) is 7.13. The molecule has 2 aliphatic rings. The molecule has 6 heteroatoms. The normalized spacial score (nSPS) is 20.8. The van der Waals surface area contributed by atoms with E-state index in [9.17, 15) is 4.79 Å². The molecular formula is C19H29BrN4O. The predicted molar refractivity (Wildman–Crippen MR) is 106 cm³/mol. The van der Waals surface area contributed by atoms with E-state index in [0.29, 0.717) is 5.92 Å². The first kappa shape index (κ1) is 18.5. The van der Waals surface area contributed by atoms with E-state index in [1.54, 1.807) is 0 Å². The van der Waals surface area contributed by atoms with Gasteiger partial charge in [-0.2, -0.15) is 0 Å². The van der Waals surface area contributed by atoms with Crippen LogP contribution in [0.4, 0.5) is 10.5 Å². The number of hydrogen-bond acceptors (Lipinski definition) is 3. The molecule has 3 rings (SSSR count). The van der Waals surface area contributed by atoms with Gasteiger partial charge in [-0.25, -0.2) is 4.79 Å². The first-order valence-electron chi connectivity index (χ1n) is 9.45. The topological polar surface area (TPSA) is 47.6 Å². The van der Waals surface area contributed by atoms with Gasteiger partial charge in [-0.1, -0.05) is 22.0 Å². The van der Waals surface area contributed by atoms with Crippen LogP contribution in [-0.2, 0) is 0 Å². The highest BCUT2D eigenvalue weighted by molar-refractivity contribution is 9.10.